The summed E-state index contributed by atoms with van der Waals surface area (Å²) in [6, 6.07) is 6.85. The van der Waals surface area contributed by atoms with E-state index in [4.69, 9.17) is 0 Å². The number of benzene rings is 2. The summed E-state index contributed by atoms with van der Waals surface area (Å²) in [7, 11) is 0. The highest BCUT2D eigenvalue weighted by molar-refractivity contribution is 5.93. The Morgan fingerprint density at radius 2 is 1.81 bits per heavy atom. The smallest absolute Gasteiger partial charge is 0.131 e. The molecular formula is C27H37FN4. The zero-order valence-electron chi connectivity index (χ0n) is 19.3. The molecule has 0 spiro atoms. The number of fused-ring (bicyclic) bond motifs is 5. The molecule has 1 fully saturated rings. The summed E-state index contributed by atoms with van der Waals surface area (Å²) in [5.74, 6) is 0.980. The van der Waals surface area contributed by atoms with Gasteiger partial charge in [0.25, 0.3) is 0 Å². The van der Waals surface area contributed by atoms with E-state index in [2.05, 4.69) is 46.6 Å². The van der Waals surface area contributed by atoms with Crippen LogP contribution in [0.25, 0.3) is 16.8 Å². The van der Waals surface area contributed by atoms with E-state index in [1.54, 1.807) is 0 Å². The molecule has 3 aliphatic rings. The second-order valence-corrected chi connectivity index (χ2v) is 9.80. The fourth-order valence-corrected chi connectivity index (χ4v) is 6.11. The fraction of sp³-hybridized carbons (Fsp3) is 0.556. The first kappa shape index (κ1) is 22.0. The average Bonchev–Trinajstić information content (AvgIpc) is 2.80. The number of rotatable bonds is 1. The third-order valence-corrected chi connectivity index (χ3v) is 7.77. The van der Waals surface area contributed by atoms with Gasteiger partial charge < -0.3 is 10.6 Å². The van der Waals surface area contributed by atoms with Crippen LogP contribution in [0.4, 0.5) is 4.39 Å². The maximum atomic E-state index is 15.1. The highest BCUT2D eigenvalue weighted by Crippen LogP contribution is 2.43. The largest absolute Gasteiger partial charge is 0.304 e. The Balaban J connectivity index is 1.51. The molecule has 5 rings (SSSR count). The van der Waals surface area contributed by atoms with Crippen LogP contribution in [-0.2, 0) is 12.8 Å². The molecular weight excluding hydrogens is 399 g/mol. The second-order valence-electron chi connectivity index (χ2n) is 9.80. The Hall–Kier alpha value is -1.79. The molecule has 4 nitrogen and oxygen atoms in total. The highest BCUT2D eigenvalue weighted by atomic mass is 19.1. The normalized spacial score (nSPS) is 27.2. The lowest BCUT2D eigenvalue weighted by Crippen LogP contribution is -2.47. The van der Waals surface area contributed by atoms with Gasteiger partial charge in [0, 0.05) is 37.3 Å². The van der Waals surface area contributed by atoms with Gasteiger partial charge in [0.2, 0.25) is 0 Å². The predicted octanol–water partition coefficient (Wildman–Crippen LogP) is 4.39. The molecule has 2 aliphatic carbocycles. The molecule has 0 radical (unpaired) electrons. The molecule has 2 aromatic carbocycles. The van der Waals surface area contributed by atoms with Crippen LogP contribution in [-0.4, -0.2) is 32.3 Å². The van der Waals surface area contributed by atoms with E-state index in [1.807, 2.05) is 12.1 Å². The van der Waals surface area contributed by atoms with Crippen molar-refractivity contribution in [3.05, 3.63) is 52.3 Å². The molecule has 1 saturated heterocycles. The third kappa shape index (κ3) is 4.36. The Labute approximate surface area is 191 Å². The molecule has 0 aromatic heterocycles. The van der Waals surface area contributed by atoms with Gasteiger partial charge in [-0.3, -0.25) is 10.9 Å². The van der Waals surface area contributed by atoms with Crippen molar-refractivity contribution in [3.63, 3.8) is 0 Å². The highest BCUT2D eigenvalue weighted by Gasteiger charge is 2.34. The lowest BCUT2D eigenvalue weighted by molar-refractivity contribution is 0.287. The summed E-state index contributed by atoms with van der Waals surface area (Å²) >= 11 is 0. The van der Waals surface area contributed by atoms with E-state index < -0.39 is 0 Å². The van der Waals surface area contributed by atoms with Crippen molar-refractivity contribution in [1.82, 2.24) is 21.5 Å². The van der Waals surface area contributed by atoms with Crippen molar-refractivity contribution in [2.24, 2.45) is 5.92 Å². The number of hydrogen-bond acceptors (Lipinski definition) is 4. The van der Waals surface area contributed by atoms with E-state index in [1.165, 1.54) is 34.9 Å². The molecule has 4 N–H and O–H groups in total. The van der Waals surface area contributed by atoms with Crippen molar-refractivity contribution < 1.29 is 4.39 Å². The molecule has 1 heterocycles. The zero-order valence-corrected chi connectivity index (χ0v) is 19.3. The Bertz CT molecular complexity index is 974. The average molecular weight is 437 g/mol. The van der Waals surface area contributed by atoms with E-state index >= 15 is 4.39 Å². The Morgan fingerprint density at radius 1 is 0.938 bits per heavy atom. The van der Waals surface area contributed by atoms with Crippen LogP contribution >= 0.6 is 0 Å². The van der Waals surface area contributed by atoms with Gasteiger partial charge >= 0.3 is 0 Å². The van der Waals surface area contributed by atoms with Gasteiger partial charge in [0.05, 0.1) is 0 Å². The number of allylic oxidation sites excluding steroid dienone is 1. The van der Waals surface area contributed by atoms with Crippen molar-refractivity contribution in [2.75, 3.05) is 26.3 Å². The number of hydrogen-bond donors (Lipinski definition) is 4. The van der Waals surface area contributed by atoms with Crippen molar-refractivity contribution in [2.45, 2.75) is 63.8 Å². The van der Waals surface area contributed by atoms with Crippen LogP contribution in [0.2, 0.25) is 0 Å². The van der Waals surface area contributed by atoms with E-state index in [9.17, 15) is 0 Å². The molecule has 0 bridgehead atoms. The first-order chi connectivity index (χ1) is 15.7. The molecule has 0 amide bonds. The molecule has 0 saturated carbocycles. The summed E-state index contributed by atoms with van der Waals surface area (Å²) in [4.78, 5) is 0. The molecule has 172 valence electrons. The Kier molecular flexibility index (Phi) is 6.88. The van der Waals surface area contributed by atoms with Gasteiger partial charge in [-0.2, -0.15) is 0 Å². The summed E-state index contributed by atoms with van der Waals surface area (Å²) in [5.41, 5.74) is 11.6. The Morgan fingerprint density at radius 3 is 2.75 bits per heavy atom. The summed E-state index contributed by atoms with van der Waals surface area (Å²) in [6.45, 7) is 6.24. The standard InChI is InChI=1S/C27H37FN4/c1-18-8-9-21-23(27(18)26-12-15-32-31-14-5-4-13-29-17-30-26)11-10-20-19-6-2-3-7-22(19)25(28)16-24(20)21/h3,7,10-11,16,18,26-27,29-32H,2,4-6,8-9,12-15,17H2,1H3. The zero-order chi connectivity index (χ0) is 21.9. The number of nitrogens with one attached hydrogen (secondary N) is 4. The van der Waals surface area contributed by atoms with Crippen LogP contribution in [0.5, 0.6) is 0 Å². The third-order valence-electron chi connectivity index (χ3n) is 7.77. The van der Waals surface area contributed by atoms with Gasteiger partial charge in [0.15, 0.2) is 0 Å². The fourth-order valence-electron chi connectivity index (χ4n) is 6.11. The summed E-state index contributed by atoms with van der Waals surface area (Å²) < 4.78 is 15.1. The summed E-state index contributed by atoms with van der Waals surface area (Å²) in [6.07, 6.45) is 11.6. The molecule has 3 unspecified atom stereocenters. The molecule has 1 aliphatic heterocycles. The first-order valence-corrected chi connectivity index (χ1v) is 12.6. The van der Waals surface area contributed by atoms with Crippen LogP contribution in [0, 0.1) is 11.7 Å². The number of hydrazine groups is 1. The maximum Gasteiger partial charge on any atom is 0.131 e. The van der Waals surface area contributed by atoms with E-state index in [0.717, 1.165) is 69.4 Å². The van der Waals surface area contributed by atoms with Crippen molar-refractivity contribution >= 4 is 16.8 Å². The lowest BCUT2D eigenvalue weighted by Gasteiger charge is -2.39. The van der Waals surface area contributed by atoms with Crippen LogP contribution in [0.15, 0.2) is 24.3 Å². The van der Waals surface area contributed by atoms with Crippen molar-refractivity contribution in [3.8, 4) is 0 Å². The lowest BCUT2D eigenvalue weighted by atomic mass is 9.70. The molecule has 3 atom stereocenters. The number of halogens is 1. The topological polar surface area (TPSA) is 48.1 Å². The quantitative estimate of drug-likeness (QED) is 0.536. The van der Waals surface area contributed by atoms with E-state index in [0.29, 0.717) is 17.9 Å². The SMILES string of the molecule is CC1CCc2c(ccc3c4c(c(F)cc23)C=CCC4)C1C1CCNNCCCCNCN1. The predicted molar refractivity (Wildman–Crippen MR) is 131 cm³/mol. The molecule has 32 heavy (non-hydrogen) atoms. The monoisotopic (exact) mass is 436 g/mol. The molecule has 2 aromatic rings. The van der Waals surface area contributed by atoms with Crippen LogP contribution < -0.4 is 21.5 Å². The number of aryl methyl sites for hydroxylation is 2. The van der Waals surface area contributed by atoms with Crippen LogP contribution in [0.3, 0.4) is 0 Å². The minimum absolute atomic E-state index is 0.0596. The maximum absolute atomic E-state index is 15.1. The van der Waals surface area contributed by atoms with Crippen molar-refractivity contribution in [1.29, 1.82) is 0 Å². The minimum Gasteiger partial charge on any atom is -0.304 e. The van der Waals surface area contributed by atoms with Gasteiger partial charge in [-0.1, -0.05) is 31.2 Å². The summed E-state index contributed by atoms with van der Waals surface area (Å²) in [5, 5.41) is 9.80. The van der Waals surface area contributed by atoms with Gasteiger partial charge in [-0.05, 0) is 90.9 Å². The minimum atomic E-state index is -0.0596. The van der Waals surface area contributed by atoms with E-state index in [-0.39, 0.29) is 5.82 Å². The van der Waals surface area contributed by atoms with Gasteiger partial charge in [-0.25, -0.2) is 4.39 Å². The second kappa shape index (κ2) is 10.0. The first-order valence-electron chi connectivity index (χ1n) is 12.6. The molecule has 5 heteroatoms. The van der Waals surface area contributed by atoms with Gasteiger partial charge in [0.1, 0.15) is 5.82 Å². The van der Waals surface area contributed by atoms with Crippen LogP contribution in [0.1, 0.15) is 67.2 Å². The van der Waals surface area contributed by atoms with Gasteiger partial charge in [-0.15, -0.1) is 0 Å².